The molecule has 0 unspecified atom stereocenters. The minimum absolute atomic E-state index is 0.648. The molecule has 0 aromatic rings. The third-order valence-corrected chi connectivity index (χ3v) is 2.37. The summed E-state index contributed by atoms with van der Waals surface area (Å²) < 4.78 is 5.11. The molecule has 1 aliphatic heterocycles. The standard InChI is InChI=1S/C11H19NO4/c1-11(2,3)16-10(15)8(9(13)14)12-6-4-5-7-12/h8H,4-7H2,1-3H3,(H,13,14)/t8-/m0/s1. The van der Waals surface area contributed by atoms with Crippen molar-refractivity contribution in [3.63, 3.8) is 0 Å². The van der Waals surface area contributed by atoms with Gasteiger partial charge in [-0.1, -0.05) is 0 Å². The maximum absolute atomic E-state index is 11.7. The van der Waals surface area contributed by atoms with Crippen LogP contribution in [0.4, 0.5) is 0 Å². The molecule has 1 N–H and O–H groups in total. The number of esters is 1. The van der Waals surface area contributed by atoms with Crippen LogP contribution in [-0.2, 0) is 14.3 Å². The Hall–Kier alpha value is -1.10. The normalized spacial score (nSPS) is 19.4. The Morgan fingerprint density at radius 1 is 1.25 bits per heavy atom. The minimum atomic E-state index is -1.15. The number of nitrogens with zero attached hydrogens (tertiary/aromatic N) is 1. The molecule has 5 nitrogen and oxygen atoms in total. The van der Waals surface area contributed by atoms with Gasteiger partial charge in [0.05, 0.1) is 0 Å². The first-order valence-electron chi connectivity index (χ1n) is 5.51. The number of hydrogen-bond donors (Lipinski definition) is 1. The Bertz CT molecular complexity index is 276. The molecular formula is C11H19NO4. The number of carboxylic acid groups (broad SMARTS) is 1. The van der Waals surface area contributed by atoms with Crippen molar-refractivity contribution < 1.29 is 19.4 Å². The smallest absolute Gasteiger partial charge is 0.335 e. The molecule has 1 fully saturated rings. The van der Waals surface area contributed by atoms with E-state index >= 15 is 0 Å². The van der Waals surface area contributed by atoms with E-state index < -0.39 is 23.6 Å². The Kier molecular flexibility index (Phi) is 3.91. The Morgan fingerprint density at radius 3 is 2.12 bits per heavy atom. The Labute approximate surface area is 95.4 Å². The highest BCUT2D eigenvalue weighted by molar-refractivity contribution is 5.98. The molecule has 1 heterocycles. The van der Waals surface area contributed by atoms with Gasteiger partial charge in [-0.15, -0.1) is 0 Å². The number of carbonyl (C=O) groups is 2. The predicted octanol–water partition coefficient (Wildman–Crippen LogP) is 0.877. The highest BCUT2D eigenvalue weighted by atomic mass is 16.6. The van der Waals surface area contributed by atoms with Gasteiger partial charge in [0.2, 0.25) is 6.04 Å². The first-order chi connectivity index (χ1) is 7.31. The zero-order valence-corrected chi connectivity index (χ0v) is 10.0. The fourth-order valence-corrected chi connectivity index (χ4v) is 1.76. The van der Waals surface area contributed by atoms with Crippen LogP contribution in [0.2, 0.25) is 0 Å². The second kappa shape index (κ2) is 4.82. The number of carbonyl (C=O) groups excluding carboxylic acids is 1. The monoisotopic (exact) mass is 229 g/mol. The molecule has 1 saturated heterocycles. The number of hydrogen-bond acceptors (Lipinski definition) is 4. The van der Waals surface area contributed by atoms with E-state index in [1.807, 2.05) is 0 Å². The van der Waals surface area contributed by atoms with Crippen LogP contribution in [0.3, 0.4) is 0 Å². The van der Waals surface area contributed by atoms with Gasteiger partial charge in [0.25, 0.3) is 0 Å². The Morgan fingerprint density at radius 2 is 1.75 bits per heavy atom. The maximum atomic E-state index is 11.7. The van der Waals surface area contributed by atoms with Gasteiger partial charge in [0.15, 0.2) is 0 Å². The van der Waals surface area contributed by atoms with E-state index in [2.05, 4.69) is 0 Å². The largest absolute Gasteiger partial charge is 0.480 e. The molecule has 16 heavy (non-hydrogen) atoms. The molecule has 92 valence electrons. The summed E-state index contributed by atoms with van der Waals surface area (Å²) in [6.07, 6.45) is 1.87. The van der Waals surface area contributed by atoms with Crippen molar-refractivity contribution >= 4 is 11.9 Å². The third-order valence-electron chi connectivity index (χ3n) is 2.37. The van der Waals surface area contributed by atoms with Crippen molar-refractivity contribution in [3.05, 3.63) is 0 Å². The van der Waals surface area contributed by atoms with Gasteiger partial charge >= 0.3 is 11.9 Å². The highest BCUT2D eigenvalue weighted by Gasteiger charge is 2.37. The lowest BCUT2D eigenvalue weighted by molar-refractivity contribution is -0.168. The quantitative estimate of drug-likeness (QED) is 0.574. The average Bonchev–Trinajstić information content (AvgIpc) is 2.52. The van der Waals surface area contributed by atoms with Crippen molar-refractivity contribution in [3.8, 4) is 0 Å². The molecule has 0 aliphatic carbocycles. The summed E-state index contributed by atoms with van der Waals surface area (Å²) in [5.74, 6) is -1.79. The first-order valence-corrected chi connectivity index (χ1v) is 5.51. The van der Waals surface area contributed by atoms with E-state index in [9.17, 15) is 9.59 Å². The molecule has 0 saturated carbocycles. The SMILES string of the molecule is CC(C)(C)OC(=O)[C@H](C(=O)O)N1CCCC1. The summed E-state index contributed by atoms with van der Waals surface area (Å²) in [4.78, 5) is 24.5. The number of aliphatic carboxylic acids is 1. The summed E-state index contributed by atoms with van der Waals surface area (Å²) >= 11 is 0. The minimum Gasteiger partial charge on any atom is -0.480 e. The molecule has 0 aromatic heterocycles. The fraction of sp³-hybridized carbons (Fsp3) is 0.818. The molecule has 0 aromatic carbocycles. The lowest BCUT2D eigenvalue weighted by Crippen LogP contribution is -2.48. The van der Waals surface area contributed by atoms with Gasteiger partial charge in [-0.2, -0.15) is 0 Å². The number of ether oxygens (including phenoxy) is 1. The van der Waals surface area contributed by atoms with E-state index in [-0.39, 0.29) is 0 Å². The summed E-state index contributed by atoms with van der Waals surface area (Å²) in [6, 6.07) is -1.15. The van der Waals surface area contributed by atoms with Crippen LogP contribution in [0.25, 0.3) is 0 Å². The van der Waals surface area contributed by atoms with Crippen LogP contribution < -0.4 is 0 Å². The molecular weight excluding hydrogens is 210 g/mol. The van der Waals surface area contributed by atoms with Crippen LogP contribution in [0, 0.1) is 0 Å². The van der Waals surface area contributed by atoms with E-state index in [1.54, 1.807) is 25.7 Å². The zero-order valence-electron chi connectivity index (χ0n) is 10.0. The van der Waals surface area contributed by atoms with E-state index in [4.69, 9.17) is 9.84 Å². The second-order valence-electron chi connectivity index (χ2n) is 5.02. The van der Waals surface area contributed by atoms with Crippen LogP contribution in [0.5, 0.6) is 0 Å². The topological polar surface area (TPSA) is 66.8 Å². The molecule has 5 heteroatoms. The molecule has 0 radical (unpaired) electrons. The van der Waals surface area contributed by atoms with Gasteiger partial charge < -0.3 is 9.84 Å². The van der Waals surface area contributed by atoms with Crippen molar-refractivity contribution in [1.82, 2.24) is 4.90 Å². The van der Waals surface area contributed by atoms with Crippen LogP contribution in [0.1, 0.15) is 33.6 Å². The number of carboxylic acids is 1. The lowest BCUT2D eigenvalue weighted by atomic mass is 10.2. The van der Waals surface area contributed by atoms with Crippen molar-refractivity contribution in [2.45, 2.75) is 45.3 Å². The van der Waals surface area contributed by atoms with Gasteiger partial charge in [-0.25, -0.2) is 9.59 Å². The van der Waals surface area contributed by atoms with Gasteiger partial charge in [-0.05, 0) is 46.7 Å². The third kappa shape index (κ3) is 3.48. The number of likely N-dealkylation sites (tertiary alicyclic amines) is 1. The summed E-state index contributed by atoms with van der Waals surface area (Å²) in [5, 5.41) is 9.06. The summed E-state index contributed by atoms with van der Waals surface area (Å²) in [6.45, 7) is 6.49. The van der Waals surface area contributed by atoms with Crippen LogP contribution in [-0.4, -0.2) is 46.7 Å². The second-order valence-corrected chi connectivity index (χ2v) is 5.02. The van der Waals surface area contributed by atoms with Gasteiger partial charge in [0, 0.05) is 0 Å². The van der Waals surface area contributed by atoms with Crippen molar-refractivity contribution in [2.75, 3.05) is 13.1 Å². The summed E-state index contributed by atoms with van der Waals surface area (Å²) in [5.41, 5.74) is -0.648. The maximum Gasteiger partial charge on any atom is 0.335 e. The zero-order chi connectivity index (χ0) is 12.3. The number of rotatable bonds is 3. The average molecular weight is 229 g/mol. The van der Waals surface area contributed by atoms with E-state index in [1.165, 1.54) is 0 Å². The molecule has 1 aliphatic rings. The lowest BCUT2D eigenvalue weighted by Gasteiger charge is -2.26. The molecule has 1 rings (SSSR count). The predicted molar refractivity (Wildman–Crippen MR) is 58.1 cm³/mol. The van der Waals surface area contributed by atoms with Gasteiger partial charge in [-0.3, -0.25) is 4.90 Å². The first kappa shape index (κ1) is 13.0. The van der Waals surface area contributed by atoms with Crippen LogP contribution >= 0.6 is 0 Å². The molecule has 0 amide bonds. The van der Waals surface area contributed by atoms with E-state index in [0.717, 1.165) is 12.8 Å². The van der Waals surface area contributed by atoms with Crippen molar-refractivity contribution in [1.29, 1.82) is 0 Å². The molecule has 0 spiro atoms. The fourth-order valence-electron chi connectivity index (χ4n) is 1.76. The van der Waals surface area contributed by atoms with Gasteiger partial charge in [0.1, 0.15) is 5.60 Å². The summed E-state index contributed by atoms with van der Waals surface area (Å²) in [7, 11) is 0. The Balaban J connectivity index is 2.70. The highest BCUT2D eigenvalue weighted by Crippen LogP contribution is 2.16. The van der Waals surface area contributed by atoms with E-state index in [0.29, 0.717) is 13.1 Å². The molecule has 1 atom stereocenters. The van der Waals surface area contributed by atoms with Crippen LogP contribution in [0.15, 0.2) is 0 Å². The molecule has 0 bridgehead atoms. The van der Waals surface area contributed by atoms with Crippen molar-refractivity contribution in [2.24, 2.45) is 0 Å².